The summed E-state index contributed by atoms with van der Waals surface area (Å²) < 4.78 is 5.41. The highest BCUT2D eigenvalue weighted by Gasteiger charge is 2.23. The molecule has 6 nitrogen and oxygen atoms in total. The number of benzene rings is 1. The standard InChI is InChI=1S/C18H28N4O2/c1-3-10-20-18(19-4-2)21-13-14-7-5-8-15(12-14)22-17(23)16-9-6-11-24-16/h5,7-8,12,16H,3-4,6,9-11,13H2,1-2H3,(H,22,23)(H2,19,20,21). The van der Waals surface area contributed by atoms with Gasteiger partial charge in [0.25, 0.3) is 5.91 Å². The molecule has 1 aromatic carbocycles. The quantitative estimate of drug-likeness (QED) is 0.529. The van der Waals surface area contributed by atoms with E-state index in [4.69, 9.17) is 4.74 Å². The Balaban J connectivity index is 1.94. The third-order valence-electron chi connectivity index (χ3n) is 3.72. The molecule has 6 heteroatoms. The van der Waals surface area contributed by atoms with Crippen LogP contribution in [0.1, 0.15) is 38.7 Å². The van der Waals surface area contributed by atoms with Gasteiger partial charge in [0.2, 0.25) is 0 Å². The first kappa shape index (κ1) is 18.3. The molecule has 1 aliphatic rings. The lowest BCUT2D eigenvalue weighted by molar-refractivity contribution is -0.124. The summed E-state index contributed by atoms with van der Waals surface area (Å²) >= 11 is 0. The number of anilines is 1. The monoisotopic (exact) mass is 332 g/mol. The molecule has 1 heterocycles. The molecule has 1 aromatic rings. The summed E-state index contributed by atoms with van der Waals surface area (Å²) in [7, 11) is 0. The Kier molecular flexibility index (Phi) is 7.55. The first-order chi connectivity index (χ1) is 11.7. The summed E-state index contributed by atoms with van der Waals surface area (Å²) in [5, 5.41) is 9.43. The van der Waals surface area contributed by atoms with Crippen molar-refractivity contribution in [3.8, 4) is 0 Å². The summed E-state index contributed by atoms with van der Waals surface area (Å²) in [6, 6.07) is 7.79. The number of carbonyl (C=O) groups is 1. The zero-order valence-electron chi connectivity index (χ0n) is 14.6. The van der Waals surface area contributed by atoms with Crippen LogP contribution < -0.4 is 16.0 Å². The van der Waals surface area contributed by atoms with E-state index in [1.807, 2.05) is 31.2 Å². The SMILES string of the molecule is CCCNC(=NCc1cccc(NC(=O)C2CCCO2)c1)NCC. The van der Waals surface area contributed by atoms with E-state index in [9.17, 15) is 4.79 Å². The molecule has 24 heavy (non-hydrogen) atoms. The number of amides is 1. The van der Waals surface area contributed by atoms with Crippen LogP contribution in [0.25, 0.3) is 0 Å². The lowest BCUT2D eigenvalue weighted by Gasteiger charge is -2.12. The maximum Gasteiger partial charge on any atom is 0.253 e. The number of ether oxygens (including phenoxy) is 1. The summed E-state index contributed by atoms with van der Waals surface area (Å²) in [6.07, 6.45) is 2.48. The zero-order chi connectivity index (χ0) is 17.2. The van der Waals surface area contributed by atoms with E-state index in [1.165, 1.54) is 0 Å². The van der Waals surface area contributed by atoms with Crippen molar-refractivity contribution in [2.45, 2.75) is 45.8 Å². The minimum Gasteiger partial charge on any atom is -0.368 e. The van der Waals surface area contributed by atoms with Crippen LogP contribution in [0.2, 0.25) is 0 Å². The van der Waals surface area contributed by atoms with Crippen molar-refractivity contribution in [1.29, 1.82) is 0 Å². The van der Waals surface area contributed by atoms with Gasteiger partial charge in [-0.15, -0.1) is 0 Å². The molecule has 0 aliphatic carbocycles. The molecular formula is C18H28N4O2. The smallest absolute Gasteiger partial charge is 0.253 e. The molecule has 0 radical (unpaired) electrons. The first-order valence-electron chi connectivity index (χ1n) is 8.76. The average Bonchev–Trinajstić information content (AvgIpc) is 3.12. The number of aliphatic imine (C=N–C) groups is 1. The van der Waals surface area contributed by atoms with Crippen LogP contribution in [0.15, 0.2) is 29.3 Å². The Hall–Kier alpha value is -2.08. The molecule has 0 bridgehead atoms. The van der Waals surface area contributed by atoms with Crippen molar-refractivity contribution in [3.05, 3.63) is 29.8 Å². The number of carbonyl (C=O) groups excluding carboxylic acids is 1. The fraction of sp³-hybridized carbons (Fsp3) is 0.556. The molecule has 1 amide bonds. The molecule has 1 aliphatic heterocycles. The highest BCUT2D eigenvalue weighted by Crippen LogP contribution is 2.16. The topological polar surface area (TPSA) is 74.8 Å². The van der Waals surface area contributed by atoms with E-state index in [-0.39, 0.29) is 12.0 Å². The van der Waals surface area contributed by atoms with Crippen molar-refractivity contribution in [3.63, 3.8) is 0 Å². The lowest BCUT2D eigenvalue weighted by Crippen LogP contribution is -2.37. The molecule has 0 saturated carbocycles. The second kappa shape index (κ2) is 9.93. The van der Waals surface area contributed by atoms with Gasteiger partial charge < -0.3 is 20.7 Å². The number of nitrogens with one attached hydrogen (secondary N) is 3. The highest BCUT2D eigenvalue weighted by atomic mass is 16.5. The fourth-order valence-electron chi connectivity index (χ4n) is 2.51. The van der Waals surface area contributed by atoms with Crippen LogP contribution in [-0.4, -0.2) is 37.7 Å². The predicted molar refractivity (Wildman–Crippen MR) is 97.2 cm³/mol. The van der Waals surface area contributed by atoms with Gasteiger partial charge in [-0.05, 0) is 43.9 Å². The molecule has 132 valence electrons. The van der Waals surface area contributed by atoms with E-state index in [2.05, 4.69) is 27.9 Å². The van der Waals surface area contributed by atoms with E-state index in [0.717, 1.165) is 49.6 Å². The van der Waals surface area contributed by atoms with Crippen LogP contribution >= 0.6 is 0 Å². The first-order valence-corrected chi connectivity index (χ1v) is 8.76. The van der Waals surface area contributed by atoms with Crippen LogP contribution in [-0.2, 0) is 16.1 Å². The molecule has 2 rings (SSSR count). The predicted octanol–water partition coefficient (Wildman–Crippen LogP) is 2.27. The molecular weight excluding hydrogens is 304 g/mol. The summed E-state index contributed by atoms with van der Waals surface area (Å²) in [5.41, 5.74) is 1.84. The minimum atomic E-state index is -0.315. The van der Waals surface area contributed by atoms with E-state index in [1.54, 1.807) is 0 Å². The van der Waals surface area contributed by atoms with Crippen LogP contribution in [0.4, 0.5) is 5.69 Å². The van der Waals surface area contributed by atoms with Crippen molar-refractivity contribution >= 4 is 17.6 Å². The van der Waals surface area contributed by atoms with Gasteiger partial charge >= 0.3 is 0 Å². The van der Waals surface area contributed by atoms with Crippen LogP contribution in [0.3, 0.4) is 0 Å². The number of hydrogen-bond donors (Lipinski definition) is 3. The largest absolute Gasteiger partial charge is 0.368 e. The molecule has 1 fully saturated rings. The van der Waals surface area contributed by atoms with Gasteiger partial charge in [-0.1, -0.05) is 19.1 Å². The second-order valence-corrected chi connectivity index (χ2v) is 5.81. The Morgan fingerprint density at radius 1 is 1.33 bits per heavy atom. The molecule has 1 unspecified atom stereocenters. The lowest BCUT2D eigenvalue weighted by atomic mass is 10.2. The van der Waals surface area contributed by atoms with Crippen LogP contribution in [0.5, 0.6) is 0 Å². The Morgan fingerprint density at radius 3 is 2.92 bits per heavy atom. The van der Waals surface area contributed by atoms with Crippen molar-refractivity contribution in [2.24, 2.45) is 4.99 Å². The Bertz CT molecular complexity index is 554. The number of rotatable bonds is 7. The molecule has 3 N–H and O–H groups in total. The van der Waals surface area contributed by atoms with Crippen molar-refractivity contribution < 1.29 is 9.53 Å². The summed E-state index contributed by atoms with van der Waals surface area (Å²) in [4.78, 5) is 16.7. The van der Waals surface area contributed by atoms with E-state index < -0.39 is 0 Å². The van der Waals surface area contributed by atoms with Gasteiger partial charge in [0.1, 0.15) is 6.10 Å². The fourth-order valence-corrected chi connectivity index (χ4v) is 2.51. The molecule has 0 spiro atoms. The van der Waals surface area contributed by atoms with Gasteiger partial charge in [0, 0.05) is 25.4 Å². The second-order valence-electron chi connectivity index (χ2n) is 5.81. The van der Waals surface area contributed by atoms with Gasteiger partial charge in [0.05, 0.1) is 6.54 Å². The van der Waals surface area contributed by atoms with Gasteiger partial charge in [-0.3, -0.25) is 4.79 Å². The maximum absolute atomic E-state index is 12.1. The maximum atomic E-state index is 12.1. The number of nitrogens with zero attached hydrogens (tertiary/aromatic N) is 1. The molecule has 1 atom stereocenters. The third kappa shape index (κ3) is 5.85. The highest BCUT2D eigenvalue weighted by molar-refractivity contribution is 5.94. The molecule has 0 aromatic heterocycles. The van der Waals surface area contributed by atoms with Gasteiger partial charge in [-0.25, -0.2) is 4.99 Å². The third-order valence-corrected chi connectivity index (χ3v) is 3.72. The zero-order valence-corrected chi connectivity index (χ0v) is 14.6. The normalized spacial score (nSPS) is 17.6. The number of hydrogen-bond acceptors (Lipinski definition) is 3. The van der Waals surface area contributed by atoms with Gasteiger partial charge in [0.15, 0.2) is 5.96 Å². The van der Waals surface area contributed by atoms with Crippen molar-refractivity contribution in [1.82, 2.24) is 10.6 Å². The van der Waals surface area contributed by atoms with Crippen LogP contribution in [0, 0.1) is 0 Å². The van der Waals surface area contributed by atoms with E-state index in [0.29, 0.717) is 13.2 Å². The Labute approximate surface area is 144 Å². The minimum absolute atomic E-state index is 0.0638. The number of guanidine groups is 1. The Morgan fingerprint density at radius 2 is 2.21 bits per heavy atom. The molecule has 1 saturated heterocycles. The van der Waals surface area contributed by atoms with Crippen molar-refractivity contribution in [2.75, 3.05) is 25.0 Å². The average molecular weight is 332 g/mol. The summed E-state index contributed by atoms with van der Waals surface area (Å²) in [6.45, 7) is 7.12. The van der Waals surface area contributed by atoms with Gasteiger partial charge in [-0.2, -0.15) is 0 Å². The van der Waals surface area contributed by atoms with E-state index >= 15 is 0 Å². The summed E-state index contributed by atoms with van der Waals surface area (Å²) in [5.74, 6) is 0.749.